The lowest BCUT2D eigenvalue weighted by Gasteiger charge is -2.06. The lowest BCUT2D eigenvalue weighted by atomic mass is 10.4. The van der Waals surface area contributed by atoms with Crippen LogP contribution in [0, 0.1) is 12.3 Å². The fraction of sp³-hybridized carbons (Fsp3) is 0.200. The van der Waals surface area contributed by atoms with Gasteiger partial charge in [-0.15, -0.1) is 12.3 Å². The number of terminal acetylenes is 1. The fourth-order valence-electron chi connectivity index (χ4n) is 1.02. The number of hydrogen-bond donors (Lipinski definition) is 1. The lowest BCUT2D eigenvalue weighted by Crippen LogP contribution is -2.24. The molecule has 6 heteroatoms. The molecule has 0 heterocycles. The van der Waals surface area contributed by atoms with E-state index in [0.717, 1.165) is 0 Å². The van der Waals surface area contributed by atoms with E-state index >= 15 is 0 Å². The Bertz CT molecular complexity index is 500. The van der Waals surface area contributed by atoms with Crippen LogP contribution in [0.4, 0.5) is 0 Å². The van der Waals surface area contributed by atoms with Crippen LogP contribution in [0.3, 0.4) is 0 Å². The molecule has 1 rings (SSSR count). The van der Waals surface area contributed by atoms with Crippen LogP contribution in [0.2, 0.25) is 10.0 Å². The van der Waals surface area contributed by atoms with Crippen molar-refractivity contribution in [1.29, 1.82) is 0 Å². The van der Waals surface area contributed by atoms with Crippen molar-refractivity contribution in [3.8, 4) is 12.3 Å². The molecular weight excluding hydrogens is 269 g/mol. The standard InChI is InChI=1S/C10H9Cl2NO2S/c1-2-3-4-13-16(14,15)10-6-8(11)5-9(12)7-10/h1,5-7,13H,3-4H2. The van der Waals surface area contributed by atoms with Crippen molar-refractivity contribution in [1.82, 2.24) is 4.72 Å². The van der Waals surface area contributed by atoms with E-state index in [1.165, 1.54) is 18.2 Å². The predicted octanol–water partition coefficient (Wildman–Crippen LogP) is 2.29. The topological polar surface area (TPSA) is 46.2 Å². The Hall–Kier alpha value is -0.730. The summed E-state index contributed by atoms with van der Waals surface area (Å²) in [6, 6.07) is 4.11. The highest BCUT2D eigenvalue weighted by Crippen LogP contribution is 2.21. The highest BCUT2D eigenvalue weighted by molar-refractivity contribution is 7.89. The van der Waals surface area contributed by atoms with Gasteiger partial charge in [-0.25, -0.2) is 13.1 Å². The van der Waals surface area contributed by atoms with Crippen LogP contribution in [0.1, 0.15) is 6.42 Å². The number of benzene rings is 1. The smallest absolute Gasteiger partial charge is 0.210 e. The average molecular weight is 278 g/mol. The van der Waals surface area contributed by atoms with Gasteiger partial charge in [0.05, 0.1) is 4.90 Å². The summed E-state index contributed by atoms with van der Waals surface area (Å²) < 4.78 is 25.8. The van der Waals surface area contributed by atoms with Crippen LogP contribution >= 0.6 is 23.2 Å². The Kier molecular flexibility index (Phi) is 4.63. The normalized spacial score (nSPS) is 11.1. The van der Waals surface area contributed by atoms with E-state index in [0.29, 0.717) is 6.42 Å². The van der Waals surface area contributed by atoms with Crippen LogP contribution < -0.4 is 4.72 Å². The maximum absolute atomic E-state index is 11.7. The van der Waals surface area contributed by atoms with Crippen LogP contribution in [0.25, 0.3) is 0 Å². The SMILES string of the molecule is C#CCCNS(=O)(=O)c1cc(Cl)cc(Cl)c1. The van der Waals surface area contributed by atoms with Crippen LogP contribution in [0.15, 0.2) is 23.1 Å². The van der Waals surface area contributed by atoms with E-state index in [4.69, 9.17) is 29.6 Å². The van der Waals surface area contributed by atoms with Gasteiger partial charge in [-0.3, -0.25) is 0 Å². The van der Waals surface area contributed by atoms with Gasteiger partial charge >= 0.3 is 0 Å². The molecule has 0 unspecified atom stereocenters. The molecule has 0 radical (unpaired) electrons. The van der Waals surface area contributed by atoms with Gasteiger partial charge in [0.15, 0.2) is 0 Å². The van der Waals surface area contributed by atoms with Gasteiger partial charge in [-0.1, -0.05) is 23.2 Å². The third-order valence-corrected chi connectivity index (χ3v) is 3.58. The van der Waals surface area contributed by atoms with Crippen molar-refractivity contribution in [3.63, 3.8) is 0 Å². The molecule has 1 aromatic carbocycles. The van der Waals surface area contributed by atoms with Gasteiger partial charge in [0.2, 0.25) is 10.0 Å². The zero-order chi connectivity index (χ0) is 12.2. The zero-order valence-corrected chi connectivity index (χ0v) is 10.5. The van der Waals surface area contributed by atoms with E-state index < -0.39 is 10.0 Å². The molecule has 86 valence electrons. The first kappa shape index (κ1) is 13.3. The summed E-state index contributed by atoms with van der Waals surface area (Å²) in [7, 11) is -3.59. The van der Waals surface area contributed by atoms with Gasteiger partial charge < -0.3 is 0 Å². The van der Waals surface area contributed by atoms with Gasteiger partial charge in [0.25, 0.3) is 0 Å². The molecule has 0 aliphatic carbocycles. The van der Waals surface area contributed by atoms with Gasteiger partial charge in [-0.2, -0.15) is 0 Å². The molecule has 0 aliphatic rings. The Morgan fingerprint density at radius 3 is 2.31 bits per heavy atom. The first-order valence-electron chi connectivity index (χ1n) is 4.35. The molecule has 1 N–H and O–H groups in total. The molecule has 0 aliphatic heterocycles. The largest absolute Gasteiger partial charge is 0.240 e. The highest BCUT2D eigenvalue weighted by Gasteiger charge is 2.14. The summed E-state index contributed by atoms with van der Waals surface area (Å²) >= 11 is 11.4. The monoisotopic (exact) mass is 277 g/mol. The molecule has 0 atom stereocenters. The Morgan fingerprint density at radius 2 is 1.81 bits per heavy atom. The quantitative estimate of drug-likeness (QED) is 0.678. The number of hydrogen-bond acceptors (Lipinski definition) is 2. The molecule has 0 saturated heterocycles. The summed E-state index contributed by atoms with van der Waals surface area (Å²) in [5.74, 6) is 2.34. The average Bonchev–Trinajstić information content (AvgIpc) is 2.16. The Labute approximate surface area is 105 Å². The minimum Gasteiger partial charge on any atom is -0.210 e. The Balaban J connectivity index is 2.95. The zero-order valence-electron chi connectivity index (χ0n) is 8.20. The summed E-state index contributed by atoms with van der Waals surface area (Å²) in [6.07, 6.45) is 5.34. The van der Waals surface area contributed by atoms with Crippen molar-refractivity contribution in [2.75, 3.05) is 6.54 Å². The van der Waals surface area contributed by atoms with Crippen molar-refractivity contribution in [2.45, 2.75) is 11.3 Å². The molecule has 0 saturated carbocycles. The minimum absolute atomic E-state index is 0.0296. The first-order chi connectivity index (χ1) is 7.45. The molecular formula is C10H9Cl2NO2S. The second-order valence-corrected chi connectivity index (χ2v) is 5.60. The highest BCUT2D eigenvalue weighted by atomic mass is 35.5. The summed E-state index contributed by atoms with van der Waals surface area (Å²) in [5, 5.41) is 0.537. The number of rotatable bonds is 4. The van der Waals surface area contributed by atoms with Crippen LogP contribution in [-0.4, -0.2) is 15.0 Å². The second kappa shape index (κ2) is 5.55. The minimum atomic E-state index is -3.59. The molecule has 16 heavy (non-hydrogen) atoms. The van der Waals surface area contributed by atoms with Crippen molar-refractivity contribution in [3.05, 3.63) is 28.2 Å². The Morgan fingerprint density at radius 1 is 1.25 bits per heavy atom. The van der Waals surface area contributed by atoms with Gasteiger partial charge in [0.1, 0.15) is 0 Å². The molecule has 0 bridgehead atoms. The molecule has 0 aromatic heterocycles. The fourth-order valence-corrected chi connectivity index (χ4v) is 2.78. The third-order valence-electron chi connectivity index (χ3n) is 1.71. The van der Waals surface area contributed by atoms with Crippen LogP contribution in [-0.2, 0) is 10.0 Å². The van der Waals surface area contributed by atoms with E-state index in [1.54, 1.807) is 0 Å². The van der Waals surface area contributed by atoms with E-state index in [2.05, 4.69) is 10.6 Å². The van der Waals surface area contributed by atoms with Gasteiger partial charge in [-0.05, 0) is 18.2 Å². The maximum Gasteiger partial charge on any atom is 0.240 e. The summed E-state index contributed by atoms with van der Waals surface area (Å²) in [6.45, 7) is 0.183. The third kappa shape index (κ3) is 3.69. The molecule has 0 spiro atoms. The first-order valence-corrected chi connectivity index (χ1v) is 6.59. The summed E-state index contributed by atoms with van der Waals surface area (Å²) in [5.41, 5.74) is 0. The summed E-state index contributed by atoms with van der Waals surface area (Å²) in [4.78, 5) is 0.0296. The van der Waals surface area contributed by atoms with E-state index in [1.807, 2.05) is 0 Å². The van der Waals surface area contributed by atoms with Crippen LogP contribution in [0.5, 0.6) is 0 Å². The molecule has 0 amide bonds. The van der Waals surface area contributed by atoms with Crippen molar-refractivity contribution in [2.24, 2.45) is 0 Å². The predicted molar refractivity (Wildman–Crippen MR) is 65.1 cm³/mol. The number of nitrogens with one attached hydrogen (secondary N) is 1. The van der Waals surface area contributed by atoms with E-state index in [9.17, 15) is 8.42 Å². The number of sulfonamides is 1. The van der Waals surface area contributed by atoms with Gasteiger partial charge in [0, 0.05) is 23.0 Å². The molecule has 1 aromatic rings. The van der Waals surface area contributed by atoms with Crippen molar-refractivity contribution < 1.29 is 8.42 Å². The molecule has 3 nitrogen and oxygen atoms in total. The lowest BCUT2D eigenvalue weighted by molar-refractivity contribution is 0.582. The second-order valence-electron chi connectivity index (χ2n) is 2.96. The number of halogens is 2. The van der Waals surface area contributed by atoms with E-state index in [-0.39, 0.29) is 21.5 Å². The maximum atomic E-state index is 11.7. The van der Waals surface area contributed by atoms with Crippen molar-refractivity contribution >= 4 is 33.2 Å². The molecule has 0 fully saturated rings.